The smallest absolute Gasteiger partial charge is 0.164 e. The zero-order valence-corrected chi connectivity index (χ0v) is 9.26. The summed E-state index contributed by atoms with van der Waals surface area (Å²) in [5.74, 6) is 3.46. The van der Waals surface area contributed by atoms with Crippen LogP contribution in [0.25, 0.3) is 0 Å². The summed E-state index contributed by atoms with van der Waals surface area (Å²) in [4.78, 5) is 4.18. The lowest BCUT2D eigenvalue weighted by molar-refractivity contribution is 0.473. The van der Waals surface area contributed by atoms with Gasteiger partial charge in [0.15, 0.2) is 5.82 Å². The molecule has 1 aliphatic heterocycles. The van der Waals surface area contributed by atoms with Crippen molar-refractivity contribution < 1.29 is 0 Å². The van der Waals surface area contributed by atoms with Crippen LogP contribution in [0.3, 0.4) is 0 Å². The average molecular weight is 212 g/mol. The quantitative estimate of drug-likeness (QED) is 0.805. The molecule has 0 amide bonds. The van der Waals surface area contributed by atoms with Gasteiger partial charge < -0.3 is 5.32 Å². The van der Waals surface area contributed by atoms with Crippen molar-refractivity contribution >= 4 is 11.8 Å². The predicted molar refractivity (Wildman–Crippen MR) is 58.2 cm³/mol. The zero-order chi connectivity index (χ0) is 9.80. The van der Waals surface area contributed by atoms with E-state index in [-0.39, 0.29) is 0 Å². The van der Waals surface area contributed by atoms with Gasteiger partial charge in [0.05, 0.1) is 6.54 Å². The Kier molecular flexibility index (Phi) is 3.42. The number of hydrogen-bond donors (Lipinski definition) is 1. The van der Waals surface area contributed by atoms with Crippen molar-refractivity contribution in [1.82, 2.24) is 20.1 Å². The third kappa shape index (κ3) is 2.72. The lowest BCUT2D eigenvalue weighted by atomic mass is 10.1. The lowest BCUT2D eigenvalue weighted by Crippen LogP contribution is -2.32. The van der Waals surface area contributed by atoms with Gasteiger partial charge >= 0.3 is 0 Å². The maximum absolute atomic E-state index is 4.23. The molecule has 14 heavy (non-hydrogen) atoms. The highest BCUT2D eigenvalue weighted by atomic mass is 32.2. The van der Waals surface area contributed by atoms with Gasteiger partial charge in [-0.25, -0.2) is 4.98 Å². The maximum atomic E-state index is 4.23. The number of thioether (sulfide) groups is 1. The van der Waals surface area contributed by atoms with Crippen molar-refractivity contribution in [3.63, 3.8) is 0 Å². The molecular weight excluding hydrogens is 196 g/mol. The van der Waals surface area contributed by atoms with Crippen LogP contribution in [-0.4, -0.2) is 32.3 Å². The molecular formula is C9H16N4S. The van der Waals surface area contributed by atoms with Crippen LogP contribution in [-0.2, 0) is 13.6 Å². The van der Waals surface area contributed by atoms with Crippen LogP contribution in [0.5, 0.6) is 0 Å². The molecule has 4 nitrogen and oxygen atoms in total. The van der Waals surface area contributed by atoms with Gasteiger partial charge in [0, 0.05) is 13.1 Å². The van der Waals surface area contributed by atoms with Crippen molar-refractivity contribution in [3.05, 3.63) is 12.2 Å². The van der Waals surface area contributed by atoms with E-state index in [9.17, 15) is 0 Å². The summed E-state index contributed by atoms with van der Waals surface area (Å²) in [7, 11) is 1.90. The average Bonchev–Trinajstić information content (AvgIpc) is 2.63. The van der Waals surface area contributed by atoms with Gasteiger partial charge in [-0.05, 0) is 24.3 Å². The van der Waals surface area contributed by atoms with E-state index in [0.717, 1.165) is 12.4 Å². The molecule has 1 saturated heterocycles. The van der Waals surface area contributed by atoms with Crippen LogP contribution < -0.4 is 5.32 Å². The Hall–Kier alpha value is -0.550. The molecule has 2 rings (SSSR count). The Morgan fingerprint density at radius 3 is 3.00 bits per heavy atom. The Labute approximate surface area is 88.5 Å². The molecule has 0 atom stereocenters. The summed E-state index contributed by atoms with van der Waals surface area (Å²) in [5.41, 5.74) is 0. The Morgan fingerprint density at radius 2 is 2.36 bits per heavy atom. The molecule has 0 aromatic carbocycles. The second kappa shape index (κ2) is 4.79. The van der Waals surface area contributed by atoms with Gasteiger partial charge in [0.25, 0.3) is 0 Å². The minimum Gasteiger partial charge on any atom is -0.307 e. The molecule has 5 heteroatoms. The van der Waals surface area contributed by atoms with Crippen LogP contribution in [0.1, 0.15) is 18.7 Å². The molecule has 0 aliphatic carbocycles. The first kappa shape index (κ1) is 9.98. The number of nitrogens with zero attached hydrogens (tertiary/aromatic N) is 3. The Morgan fingerprint density at radius 1 is 1.57 bits per heavy atom. The topological polar surface area (TPSA) is 42.7 Å². The monoisotopic (exact) mass is 212 g/mol. The van der Waals surface area contributed by atoms with Gasteiger partial charge in [-0.3, -0.25) is 4.68 Å². The molecule has 0 radical (unpaired) electrons. The van der Waals surface area contributed by atoms with Gasteiger partial charge in [0.1, 0.15) is 6.33 Å². The first-order valence-corrected chi connectivity index (χ1v) is 6.16. The molecule has 0 saturated carbocycles. The van der Waals surface area contributed by atoms with Crippen LogP contribution in [0.15, 0.2) is 6.33 Å². The fourth-order valence-electron chi connectivity index (χ4n) is 1.60. The molecule has 0 spiro atoms. The molecule has 2 heterocycles. The second-order valence-electron chi connectivity index (χ2n) is 3.60. The summed E-state index contributed by atoms with van der Waals surface area (Å²) in [6.45, 7) is 0.802. The van der Waals surface area contributed by atoms with E-state index in [1.165, 1.54) is 24.3 Å². The third-order valence-corrected chi connectivity index (χ3v) is 3.47. The molecule has 0 bridgehead atoms. The van der Waals surface area contributed by atoms with E-state index in [0.29, 0.717) is 6.04 Å². The van der Waals surface area contributed by atoms with Crippen LogP contribution >= 0.6 is 11.8 Å². The summed E-state index contributed by atoms with van der Waals surface area (Å²) < 4.78 is 1.74. The highest BCUT2D eigenvalue weighted by Crippen LogP contribution is 2.16. The van der Waals surface area contributed by atoms with E-state index >= 15 is 0 Å². The SMILES string of the molecule is Cn1cnc(CNC2CCSCC2)n1. The predicted octanol–water partition coefficient (Wildman–Crippen LogP) is 0.800. The van der Waals surface area contributed by atoms with Crippen LogP contribution in [0.2, 0.25) is 0 Å². The first-order valence-electron chi connectivity index (χ1n) is 5.00. The van der Waals surface area contributed by atoms with Crippen molar-refractivity contribution in [3.8, 4) is 0 Å². The minimum atomic E-state index is 0.667. The molecule has 78 valence electrons. The Balaban J connectivity index is 1.76. The number of aryl methyl sites for hydroxylation is 1. The third-order valence-electron chi connectivity index (χ3n) is 2.42. The van der Waals surface area contributed by atoms with Crippen molar-refractivity contribution in [2.24, 2.45) is 7.05 Å². The number of nitrogens with one attached hydrogen (secondary N) is 1. The molecule has 1 fully saturated rings. The van der Waals surface area contributed by atoms with Crippen molar-refractivity contribution in [2.75, 3.05) is 11.5 Å². The number of rotatable bonds is 3. The van der Waals surface area contributed by atoms with E-state index in [2.05, 4.69) is 15.4 Å². The fraction of sp³-hybridized carbons (Fsp3) is 0.778. The molecule has 1 aromatic rings. The lowest BCUT2D eigenvalue weighted by Gasteiger charge is -2.21. The summed E-state index contributed by atoms with van der Waals surface area (Å²) in [6, 6.07) is 0.667. The van der Waals surface area contributed by atoms with Gasteiger partial charge in [-0.15, -0.1) is 0 Å². The number of aromatic nitrogens is 3. The maximum Gasteiger partial charge on any atom is 0.164 e. The zero-order valence-electron chi connectivity index (χ0n) is 8.44. The fourth-order valence-corrected chi connectivity index (χ4v) is 2.71. The van der Waals surface area contributed by atoms with Crippen LogP contribution in [0.4, 0.5) is 0 Å². The van der Waals surface area contributed by atoms with Crippen LogP contribution in [0, 0.1) is 0 Å². The number of hydrogen-bond acceptors (Lipinski definition) is 4. The Bertz CT molecular complexity index is 280. The normalized spacial score (nSPS) is 18.6. The van der Waals surface area contributed by atoms with Gasteiger partial charge in [0.2, 0.25) is 0 Å². The van der Waals surface area contributed by atoms with Gasteiger partial charge in [-0.2, -0.15) is 16.9 Å². The molecule has 1 aliphatic rings. The van der Waals surface area contributed by atoms with Crippen molar-refractivity contribution in [1.29, 1.82) is 0 Å². The highest BCUT2D eigenvalue weighted by Gasteiger charge is 2.13. The van der Waals surface area contributed by atoms with E-state index in [1.54, 1.807) is 11.0 Å². The summed E-state index contributed by atoms with van der Waals surface area (Å²) in [5, 5.41) is 7.73. The molecule has 1 aromatic heterocycles. The standard InChI is InChI=1S/C9H16N4S/c1-13-7-11-9(12-13)6-10-8-2-4-14-5-3-8/h7-8,10H,2-6H2,1H3. The van der Waals surface area contributed by atoms with Crippen molar-refractivity contribution in [2.45, 2.75) is 25.4 Å². The minimum absolute atomic E-state index is 0.667. The largest absolute Gasteiger partial charge is 0.307 e. The summed E-state index contributed by atoms with van der Waals surface area (Å²) >= 11 is 2.05. The van der Waals surface area contributed by atoms with E-state index < -0.39 is 0 Å². The summed E-state index contributed by atoms with van der Waals surface area (Å²) in [6.07, 6.45) is 4.29. The molecule has 0 unspecified atom stereocenters. The highest BCUT2D eigenvalue weighted by molar-refractivity contribution is 7.99. The van der Waals surface area contributed by atoms with Gasteiger partial charge in [-0.1, -0.05) is 0 Å². The van der Waals surface area contributed by atoms with E-state index in [4.69, 9.17) is 0 Å². The second-order valence-corrected chi connectivity index (χ2v) is 4.83. The first-order chi connectivity index (χ1) is 6.84. The van der Waals surface area contributed by atoms with E-state index in [1.807, 2.05) is 18.8 Å². The molecule has 1 N–H and O–H groups in total.